The molecular weight excluding hydrogens is 360 g/mol. The van der Waals surface area contributed by atoms with Gasteiger partial charge in [-0.15, -0.1) is 0 Å². The first-order chi connectivity index (χ1) is 14.3. The number of hydrogen-bond acceptors (Lipinski definition) is 3. The molecule has 0 aliphatic heterocycles. The van der Waals surface area contributed by atoms with Gasteiger partial charge in [-0.25, -0.2) is 0 Å². The van der Waals surface area contributed by atoms with Crippen LogP contribution in [0.5, 0.6) is 11.6 Å². The van der Waals surface area contributed by atoms with Crippen molar-refractivity contribution in [3.63, 3.8) is 0 Å². The van der Waals surface area contributed by atoms with Crippen LogP contribution in [0.4, 0.5) is 0 Å². The molecule has 4 heteroatoms. The number of methoxy groups -OCH3 is 2. The minimum absolute atomic E-state index is 0.689. The summed E-state index contributed by atoms with van der Waals surface area (Å²) in [6.45, 7) is 0. The zero-order chi connectivity index (χ0) is 20.1. The fourth-order valence-electron chi connectivity index (χ4n) is 3.21. The van der Waals surface area contributed by atoms with Gasteiger partial charge in [-0.05, 0) is 48.0 Å². The van der Waals surface area contributed by atoms with Crippen LogP contribution in [0.25, 0.3) is 29.1 Å². The zero-order valence-electron chi connectivity index (χ0n) is 16.4. The van der Waals surface area contributed by atoms with Gasteiger partial charge in [0, 0.05) is 5.56 Å². The van der Waals surface area contributed by atoms with E-state index in [0.29, 0.717) is 5.88 Å². The van der Waals surface area contributed by atoms with Gasteiger partial charge in [0.15, 0.2) is 0 Å². The van der Waals surface area contributed by atoms with E-state index in [1.54, 1.807) is 14.2 Å². The second-order valence-corrected chi connectivity index (χ2v) is 6.49. The van der Waals surface area contributed by atoms with Gasteiger partial charge in [0.2, 0.25) is 5.88 Å². The smallest absolute Gasteiger partial charge is 0.224 e. The minimum Gasteiger partial charge on any atom is -0.497 e. The molecule has 1 heterocycles. The molecule has 0 saturated carbocycles. The Morgan fingerprint density at radius 1 is 0.724 bits per heavy atom. The average molecular weight is 382 g/mol. The lowest BCUT2D eigenvalue weighted by atomic mass is 10.1. The highest BCUT2D eigenvalue weighted by Gasteiger charge is 2.19. The van der Waals surface area contributed by atoms with Crippen LogP contribution >= 0.6 is 0 Å². The molecular formula is C25H22N2O2. The topological polar surface area (TPSA) is 36.3 Å². The van der Waals surface area contributed by atoms with E-state index in [-0.39, 0.29) is 0 Å². The second kappa shape index (κ2) is 8.48. The maximum atomic E-state index is 5.79. The molecule has 0 amide bonds. The van der Waals surface area contributed by atoms with Gasteiger partial charge in [0.25, 0.3) is 0 Å². The van der Waals surface area contributed by atoms with Crippen LogP contribution in [-0.2, 0) is 0 Å². The average Bonchev–Trinajstić information content (AvgIpc) is 3.17. The molecule has 0 bridgehead atoms. The van der Waals surface area contributed by atoms with Crippen molar-refractivity contribution >= 4 is 12.2 Å². The molecule has 0 atom stereocenters. The quantitative estimate of drug-likeness (QED) is 0.427. The van der Waals surface area contributed by atoms with Crippen molar-refractivity contribution in [3.05, 3.63) is 96.1 Å². The number of hydrogen-bond donors (Lipinski definition) is 0. The summed E-state index contributed by atoms with van der Waals surface area (Å²) in [7, 11) is 3.34. The molecule has 4 nitrogen and oxygen atoms in total. The van der Waals surface area contributed by atoms with E-state index < -0.39 is 0 Å². The predicted octanol–water partition coefficient (Wildman–Crippen LogP) is 5.73. The lowest BCUT2D eigenvalue weighted by Crippen LogP contribution is -1.99. The van der Waals surface area contributed by atoms with E-state index >= 15 is 0 Å². The summed E-state index contributed by atoms with van der Waals surface area (Å²) in [5, 5.41) is 4.89. The Morgan fingerprint density at radius 2 is 1.38 bits per heavy atom. The standard InChI is InChI=1S/C25H22N2O2/c1-28-22-16-14-20(15-17-22)24-23(18-13-19-9-5-3-6-10-19)25(29-2)27(26-24)21-11-7-4-8-12-21/h3-18H,1-2H3/b18-13+. The molecule has 3 aromatic carbocycles. The van der Waals surface area contributed by atoms with Crippen molar-refractivity contribution < 1.29 is 9.47 Å². The molecule has 0 fully saturated rings. The summed E-state index contributed by atoms with van der Waals surface area (Å²) >= 11 is 0. The van der Waals surface area contributed by atoms with E-state index in [1.807, 2.05) is 77.5 Å². The van der Waals surface area contributed by atoms with Crippen LogP contribution in [0.2, 0.25) is 0 Å². The molecule has 0 aliphatic rings. The van der Waals surface area contributed by atoms with E-state index in [0.717, 1.165) is 33.8 Å². The van der Waals surface area contributed by atoms with Crippen molar-refractivity contribution in [2.75, 3.05) is 14.2 Å². The number of ether oxygens (including phenoxy) is 2. The molecule has 0 spiro atoms. The predicted molar refractivity (Wildman–Crippen MR) is 117 cm³/mol. The van der Waals surface area contributed by atoms with Gasteiger partial charge in [-0.2, -0.15) is 9.78 Å². The molecule has 0 N–H and O–H groups in total. The lowest BCUT2D eigenvalue weighted by molar-refractivity contribution is 0.383. The van der Waals surface area contributed by atoms with Crippen molar-refractivity contribution in [1.82, 2.24) is 9.78 Å². The van der Waals surface area contributed by atoms with Gasteiger partial charge >= 0.3 is 0 Å². The van der Waals surface area contributed by atoms with Gasteiger partial charge in [-0.3, -0.25) is 0 Å². The highest BCUT2D eigenvalue weighted by molar-refractivity contribution is 5.82. The third-order valence-electron chi connectivity index (χ3n) is 4.68. The van der Waals surface area contributed by atoms with Crippen molar-refractivity contribution in [2.45, 2.75) is 0 Å². The third kappa shape index (κ3) is 3.92. The van der Waals surface area contributed by atoms with Gasteiger partial charge in [-0.1, -0.05) is 54.6 Å². The molecule has 0 aliphatic carbocycles. The first kappa shape index (κ1) is 18.6. The molecule has 4 rings (SSSR count). The van der Waals surface area contributed by atoms with Crippen molar-refractivity contribution in [1.29, 1.82) is 0 Å². The van der Waals surface area contributed by atoms with Crippen LogP contribution in [0.1, 0.15) is 11.1 Å². The number of rotatable bonds is 6. The SMILES string of the molecule is COc1ccc(-c2nn(-c3ccccc3)c(OC)c2/C=C/c2ccccc2)cc1. The second-order valence-electron chi connectivity index (χ2n) is 6.49. The van der Waals surface area contributed by atoms with E-state index in [4.69, 9.17) is 14.6 Å². The van der Waals surface area contributed by atoms with E-state index in [2.05, 4.69) is 24.3 Å². The van der Waals surface area contributed by atoms with Gasteiger partial charge < -0.3 is 9.47 Å². The van der Waals surface area contributed by atoms with E-state index in [9.17, 15) is 0 Å². The molecule has 0 saturated heterocycles. The number of para-hydroxylation sites is 1. The fraction of sp³-hybridized carbons (Fsp3) is 0.0800. The van der Waals surface area contributed by atoms with Crippen LogP contribution in [-0.4, -0.2) is 24.0 Å². The van der Waals surface area contributed by atoms with Crippen molar-refractivity contribution in [3.8, 4) is 28.6 Å². The minimum atomic E-state index is 0.689. The molecule has 0 unspecified atom stereocenters. The van der Waals surface area contributed by atoms with Crippen LogP contribution < -0.4 is 9.47 Å². The molecule has 29 heavy (non-hydrogen) atoms. The Balaban J connectivity index is 1.87. The first-order valence-corrected chi connectivity index (χ1v) is 9.40. The third-order valence-corrected chi connectivity index (χ3v) is 4.68. The Bertz CT molecular complexity index is 1100. The van der Waals surface area contributed by atoms with Gasteiger partial charge in [0.1, 0.15) is 11.4 Å². The number of nitrogens with zero attached hydrogens (tertiary/aromatic N) is 2. The highest BCUT2D eigenvalue weighted by atomic mass is 16.5. The van der Waals surface area contributed by atoms with Crippen molar-refractivity contribution in [2.24, 2.45) is 0 Å². The molecule has 144 valence electrons. The molecule has 0 radical (unpaired) electrons. The first-order valence-electron chi connectivity index (χ1n) is 9.40. The highest BCUT2D eigenvalue weighted by Crippen LogP contribution is 2.34. The zero-order valence-corrected chi connectivity index (χ0v) is 16.4. The monoisotopic (exact) mass is 382 g/mol. The molecule has 4 aromatic rings. The largest absolute Gasteiger partial charge is 0.497 e. The maximum Gasteiger partial charge on any atom is 0.224 e. The summed E-state index contributed by atoms with van der Waals surface area (Å²) < 4.78 is 12.9. The van der Waals surface area contributed by atoms with Crippen LogP contribution in [0.15, 0.2) is 84.9 Å². The maximum absolute atomic E-state index is 5.79. The Morgan fingerprint density at radius 3 is 2.00 bits per heavy atom. The Hall–Kier alpha value is -3.79. The number of benzene rings is 3. The summed E-state index contributed by atoms with van der Waals surface area (Å²) in [6.07, 6.45) is 4.13. The summed E-state index contributed by atoms with van der Waals surface area (Å²) in [6, 6.07) is 28.1. The number of aromatic nitrogens is 2. The van der Waals surface area contributed by atoms with Crippen LogP contribution in [0, 0.1) is 0 Å². The van der Waals surface area contributed by atoms with E-state index in [1.165, 1.54) is 0 Å². The molecule has 1 aromatic heterocycles. The van der Waals surface area contributed by atoms with Gasteiger partial charge in [0.05, 0.1) is 25.5 Å². The Labute approximate surface area is 170 Å². The Kier molecular flexibility index (Phi) is 5.43. The normalized spacial score (nSPS) is 11.0. The lowest BCUT2D eigenvalue weighted by Gasteiger charge is -2.06. The summed E-state index contributed by atoms with van der Waals surface area (Å²) in [5.74, 6) is 1.50. The van der Waals surface area contributed by atoms with Crippen LogP contribution in [0.3, 0.4) is 0 Å². The summed E-state index contributed by atoms with van der Waals surface area (Å²) in [5.41, 5.74) is 4.82. The summed E-state index contributed by atoms with van der Waals surface area (Å²) in [4.78, 5) is 0. The fourth-order valence-corrected chi connectivity index (χ4v) is 3.21.